The molecule has 0 bridgehead atoms. The van der Waals surface area contributed by atoms with E-state index in [0.717, 1.165) is 24.2 Å². The molecule has 3 aliphatic rings. The summed E-state index contributed by atoms with van der Waals surface area (Å²) in [6.07, 6.45) is 0.667. The summed E-state index contributed by atoms with van der Waals surface area (Å²) in [5, 5.41) is 20.2. The van der Waals surface area contributed by atoms with E-state index in [-0.39, 0.29) is 24.1 Å². The first-order valence-electron chi connectivity index (χ1n) is 12.6. The predicted octanol–water partition coefficient (Wildman–Crippen LogP) is 3.82. The van der Waals surface area contributed by atoms with Crippen LogP contribution in [0.1, 0.15) is 57.6 Å². The Morgan fingerprint density at radius 3 is 2.70 bits per heavy atom. The van der Waals surface area contributed by atoms with Crippen LogP contribution in [0.4, 0.5) is 14.6 Å². The third-order valence-corrected chi connectivity index (χ3v) is 8.45. The van der Waals surface area contributed by atoms with Crippen LogP contribution in [0.2, 0.25) is 0 Å². The van der Waals surface area contributed by atoms with Gasteiger partial charge in [-0.3, -0.25) is 0 Å². The number of likely N-dealkylation sites (N-methyl/N-ethyl adjacent to an activating group) is 1. The van der Waals surface area contributed by atoms with Crippen molar-refractivity contribution in [2.24, 2.45) is 0 Å². The highest BCUT2D eigenvalue weighted by Crippen LogP contribution is 2.47. The summed E-state index contributed by atoms with van der Waals surface area (Å²) in [6.45, 7) is 5.77. The molecular formula is C25H30F2N6O3S. The highest BCUT2D eigenvalue weighted by Gasteiger charge is 2.55. The fraction of sp³-hybridized carbons (Fsp3) is 0.600. The van der Waals surface area contributed by atoms with Gasteiger partial charge in [0.25, 0.3) is 0 Å². The van der Waals surface area contributed by atoms with E-state index in [1.54, 1.807) is 22.5 Å². The second-order valence-corrected chi connectivity index (χ2v) is 11.6. The number of hydrogen-bond donors (Lipinski definition) is 1. The van der Waals surface area contributed by atoms with Gasteiger partial charge in [0, 0.05) is 31.2 Å². The zero-order chi connectivity index (χ0) is 26.1. The molecule has 1 N–H and O–H groups in total. The average molecular weight is 533 g/mol. The lowest BCUT2D eigenvalue weighted by atomic mass is 10.1. The highest BCUT2D eigenvalue weighted by molar-refractivity contribution is 7.99. The Labute approximate surface area is 217 Å². The molecular weight excluding hydrogens is 502 g/mol. The van der Waals surface area contributed by atoms with Crippen LogP contribution in [0.25, 0.3) is 11.2 Å². The largest absolute Gasteiger partial charge is 0.390 e. The smallest absolute Gasteiger partial charge is 0.191 e. The standard InChI is InChI=1S/C25H30F2N6O3S/c1-5-8-37-24-28-22(32(4)16-10-13(16)12-6-7-14(26)15(27)9-12)19-23(29-24)33(31-30-19)17-11-18(34)21-20(17)35-25(2,3)36-21/h6-7,9,13,16-18,20-21,34H,5,8,10-11H2,1-4H3/t13-,16+,17+,18-,20-,21+/m0/s1. The first-order valence-corrected chi connectivity index (χ1v) is 13.6. The summed E-state index contributed by atoms with van der Waals surface area (Å²) in [6, 6.07) is 3.85. The zero-order valence-electron chi connectivity index (χ0n) is 21.1. The van der Waals surface area contributed by atoms with Gasteiger partial charge in [0.05, 0.1) is 12.1 Å². The SMILES string of the molecule is CCCSc1nc(N(C)[C@@H]2C[C@H]2c2ccc(F)c(F)c2)c2nnn([C@@H]3C[C@H](O)[C@H]4OC(C)(C)O[C@H]43)c2n1. The molecule has 6 rings (SSSR count). The Hall–Kier alpha value is -2.41. The van der Waals surface area contributed by atoms with Gasteiger partial charge in [-0.25, -0.2) is 23.4 Å². The van der Waals surface area contributed by atoms with Gasteiger partial charge in [0.2, 0.25) is 0 Å². The number of nitrogens with zero attached hydrogens (tertiary/aromatic N) is 6. The number of aliphatic hydroxyl groups excluding tert-OH is 1. The molecule has 0 unspecified atom stereocenters. The molecule has 198 valence electrons. The summed E-state index contributed by atoms with van der Waals surface area (Å²) in [5.41, 5.74) is 1.89. The molecule has 12 heteroatoms. The van der Waals surface area contributed by atoms with Gasteiger partial charge < -0.3 is 19.5 Å². The number of aromatic nitrogens is 5. The lowest BCUT2D eigenvalue weighted by molar-refractivity contribution is -0.165. The Morgan fingerprint density at radius 1 is 1.16 bits per heavy atom. The molecule has 3 fully saturated rings. The van der Waals surface area contributed by atoms with Crippen molar-refractivity contribution in [3.8, 4) is 0 Å². The maximum Gasteiger partial charge on any atom is 0.191 e. The summed E-state index contributed by atoms with van der Waals surface area (Å²) in [5.74, 6) is -0.924. The van der Waals surface area contributed by atoms with E-state index < -0.39 is 29.6 Å². The quantitative estimate of drug-likeness (QED) is 0.360. The molecule has 2 aliphatic carbocycles. The predicted molar refractivity (Wildman–Crippen MR) is 134 cm³/mol. The van der Waals surface area contributed by atoms with Crippen molar-refractivity contribution < 1.29 is 23.4 Å². The summed E-state index contributed by atoms with van der Waals surface area (Å²) >= 11 is 1.56. The van der Waals surface area contributed by atoms with E-state index in [1.165, 1.54) is 12.1 Å². The van der Waals surface area contributed by atoms with Crippen LogP contribution in [-0.4, -0.2) is 73.0 Å². The van der Waals surface area contributed by atoms with E-state index in [0.29, 0.717) is 28.6 Å². The van der Waals surface area contributed by atoms with Crippen LogP contribution in [-0.2, 0) is 9.47 Å². The summed E-state index contributed by atoms with van der Waals surface area (Å²) in [4.78, 5) is 11.7. The zero-order valence-corrected chi connectivity index (χ0v) is 22.0. The highest BCUT2D eigenvalue weighted by atomic mass is 32.2. The molecule has 0 spiro atoms. The normalized spacial score (nSPS) is 30.1. The Balaban J connectivity index is 1.35. The molecule has 3 aromatic rings. The van der Waals surface area contributed by atoms with Crippen LogP contribution in [0, 0.1) is 11.6 Å². The van der Waals surface area contributed by atoms with Crippen molar-refractivity contribution in [3.05, 3.63) is 35.4 Å². The van der Waals surface area contributed by atoms with E-state index in [9.17, 15) is 13.9 Å². The van der Waals surface area contributed by atoms with E-state index >= 15 is 0 Å². The molecule has 37 heavy (non-hydrogen) atoms. The molecule has 2 saturated carbocycles. The first kappa shape index (κ1) is 24.9. The summed E-state index contributed by atoms with van der Waals surface area (Å²) in [7, 11) is 1.94. The van der Waals surface area contributed by atoms with Crippen molar-refractivity contribution in [3.63, 3.8) is 0 Å². The lowest BCUT2D eigenvalue weighted by Gasteiger charge is -2.23. The van der Waals surface area contributed by atoms with Gasteiger partial charge in [-0.05, 0) is 44.4 Å². The minimum Gasteiger partial charge on any atom is -0.390 e. The minimum atomic E-state index is -0.847. The molecule has 9 nitrogen and oxygen atoms in total. The van der Waals surface area contributed by atoms with Crippen LogP contribution in [0.5, 0.6) is 0 Å². The van der Waals surface area contributed by atoms with Crippen molar-refractivity contribution in [2.75, 3.05) is 17.7 Å². The maximum absolute atomic E-state index is 13.8. The fourth-order valence-corrected chi connectivity index (χ4v) is 6.25. The van der Waals surface area contributed by atoms with E-state index in [2.05, 4.69) is 17.2 Å². The van der Waals surface area contributed by atoms with Crippen LogP contribution in [0.15, 0.2) is 23.4 Å². The topological polar surface area (TPSA) is 98.4 Å². The van der Waals surface area contributed by atoms with Crippen molar-refractivity contribution in [2.45, 2.75) is 87.3 Å². The monoisotopic (exact) mass is 532 g/mol. The van der Waals surface area contributed by atoms with Gasteiger partial charge in [-0.1, -0.05) is 30.0 Å². The molecule has 1 aromatic carbocycles. The third kappa shape index (κ3) is 4.37. The molecule has 0 radical (unpaired) electrons. The Bertz CT molecular complexity index is 1340. The average Bonchev–Trinajstić information content (AvgIpc) is 3.33. The van der Waals surface area contributed by atoms with Gasteiger partial charge >= 0.3 is 0 Å². The number of thioether (sulfide) groups is 1. The van der Waals surface area contributed by atoms with Gasteiger partial charge in [0.1, 0.15) is 12.2 Å². The Morgan fingerprint density at radius 2 is 1.95 bits per heavy atom. The number of hydrogen-bond acceptors (Lipinski definition) is 9. The molecule has 2 aromatic heterocycles. The van der Waals surface area contributed by atoms with Crippen molar-refractivity contribution in [1.29, 1.82) is 0 Å². The van der Waals surface area contributed by atoms with Crippen LogP contribution < -0.4 is 4.90 Å². The lowest BCUT2D eigenvalue weighted by Crippen LogP contribution is -2.29. The van der Waals surface area contributed by atoms with Gasteiger partial charge in [-0.2, -0.15) is 0 Å². The van der Waals surface area contributed by atoms with Crippen LogP contribution in [0.3, 0.4) is 0 Å². The molecule has 1 saturated heterocycles. The van der Waals surface area contributed by atoms with Crippen molar-refractivity contribution in [1.82, 2.24) is 25.0 Å². The molecule has 6 atom stereocenters. The number of aliphatic hydroxyl groups is 1. The number of anilines is 1. The number of benzene rings is 1. The Kier molecular flexibility index (Phi) is 6.13. The molecule has 3 heterocycles. The summed E-state index contributed by atoms with van der Waals surface area (Å²) < 4.78 is 41.1. The molecule has 1 aliphatic heterocycles. The molecule has 0 amide bonds. The number of rotatable bonds is 7. The first-order chi connectivity index (χ1) is 17.7. The third-order valence-electron chi connectivity index (χ3n) is 7.40. The fourth-order valence-electron chi connectivity index (χ4n) is 5.56. The van der Waals surface area contributed by atoms with Crippen molar-refractivity contribution >= 4 is 28.7 Å². The van der Waals surface area contributed by atoms with E-state index in [1.807, 2.05) is 25.8 Å². The van der Waals surface area contributed by atoms with Gasteiger partial charge in [0.15, 0.2) is 39.6 Å². The number of fused-ring (bicyclic) bond motifs is 2. The van der Waals surface area contributed by atoms with E-state index in [4.69, 9.17) is 19.4 Å². The number of ether oxygens (including phenoxy) is 2. The van der Waals surface area contributed by atoms with Crippen LogP contribution >= 0.6 is 11.8 Å². The minimum absolute atomic E-state index is 0.0576. The second kappa shape index (κ2) is 9.11. The number of halogens is 2. The maximum atomic E-state index is 13.8. The second-order valence-electron chi connectivity index (χ2n) is 10.5. The van der Waals surface area contributed by atoms with Gasteiger partial charge in [-0.15, -0.1) is 5.10 Å².